The van der Waals surface area contributed by atoms with Crippen molar-refractivity contribution in [1.82, 2.24) is 0 Å². The lowest BCUT2D eigenvalue weighted by Gasteiger charge is -2.15. The van der Waals surface area contributed by atoms with Gasteiger partial charge < -0.3 is 9.84 Å². The lowest BCUT2D eigenvalue weighted by Crippen LogP contribution is -2.07. The fourth-order valence-corrected chi connectivity index (χ4v) is 1.83. The summed E-state index contributed by atoms with van der Waals surface area (Å²) in [7, 11) is 1.46. The van der Waals surface area contributed by atoms with Gasteiger partial charge in [0.15, 0.2) is 0 Å². The maximum absolute atomic E-state index is 11.1. The average molecular weight is 229 g/mol. The smallest absolute Gasteiger partial charge is 0.339 e. The normalized spacial score (nSPS) is 10.2. The Bertz CT molecular complexity index is 425. The molecule has 0 amide bonds. The van der Waals surface area contributed by atoms with Crippen molar-refractivity contribution in [2.75, 3.05) is 7.11 Å². The fourth-order valence-electron chi connectivity index (χ4n) is 1.60. The summed E-state index contributed by atoms with van der Waals surface area (Å²) in [6.07, 6.45) is 0. The number of methoxy groups -OCH3 is 1. The Kier molecular flexibility index (Phi) is 3.25. The van der Waals surface area contributed by atoms with E-state index >= 15 is 0 Å². The van der Waals surface area contributed by atoms with Gasteiger partial charge in [0.1, 0.15) is 11.3 Å². The van der Waals surface area contributed by atoms with Crippen LogP contribution in [0, 0.1) is 20.8 Å². The van der Waals surface area contributed by atoms with E-state index in [0.717, 1.165) is 11.1 Å². The lowest BCUT2D eigenvalue weighted by molar-refractivity contribution is 0.0692. The summed E-state index contributed by atoms with van der Waals surface area (Å²) in [5, 5.41) is 9.57. The van der Waals surface area contributed by atoms with E-state index in [-0.39, 0.29) is 5.56 Å². The van der Waals surface area contributed by atoms with E-state index in [1.165, 1.54) is 7.11 Å². The Morgan fingerprint density at radius 1 is 1.20 bits per heavy atom. The van der Waals surface area contributed by atoms with Crippen LogP contribution in [0.25, 0.3) is 0 Å². The topological polar surface area (TPSA) is 46.5 Å². The summed E-state index contributed by atoms with van der Waals surface area (Å²) in [6, 6.07) is 0. The molecule has 0 aromatic heterocycles. The Balaban J connectivity index is 3.70. The molecule has 0 fully saturated rings. The van der Waals surface area contributed by atoms with Gasteiger partial charge in [0.05, 0.1) is 7.11 Å². The van der Waals surface area contributed by atoms with Crippen molar-refractivity contribution in [1.29, 1.82) is 0 Å². The van der Waals surface area contributed by atoms with Gasteiger partial charge in [0.2, 0.25) is 0 Å². The van der Waals surface area contributed by atoms with Gasteiger partial charge in [-0.25, -0.2) is 4.79 Å². The molecule has 0 aliphatic carbocycles. The zero-order chi connectivity index (χ0) is 11.7. The van der Waals surface area contributed by atoms with E-state index in [4.69, 9.17) is 21.4 Å². The highest BCUT2D eigenvalue weighted by atomic mass is 35.5. The summed E-state index contributed by atoms with van der Waals surface area (Å²) < 4.78 is 5.11. The van der Waals surface area contributed by atoms with Crippen LogP contribution in [0.1, 0.15) is 27.0 Å². The number of hydrogen-bond acceptors (Lipinski definition) is 2. The molecule has 1 aromatic carbocycles. The number of rotatable bonds is 2. The molecule has 82 valence electrons. The van der Waals surface area contributed by atoms with Crippen molar-refractivity contribution in [2.45, 2.75) is 20.8 Å². The number of carboxylic acid groups (broad SMARTS) is 1. The van der Waals surface area contributed by atoms with Crippen LogP contribution in [0.3, 0.4) is 0 Å². The molecule has 0 saturated carbocycles. The van der Waals surface area contributed by atoms with Crippen LogP contribution < -0.4 is 4.74 Å². The standard InChI is InChI=1S/C11H13ClO3/c1-5-6(2)10(15-4)8(11(13)14)7(3)9(5)12/h1-4H3,(H,13,14). The monoisotopic (exact) mass is 228 g/mol. The number of benzene rings is 1. The van der Waals surface area contributed by atoms with Crippen molar-refractivity contribution in [3.8, 4) is 5.75 Å². The molecule has 4 heteroatoms. The van der Waals surface area contributed by atoms with Crippen molar-refractivity contribution in [2.24, 2.45) is 0 Å². The molecule has 0 unspecified atom stereocenters. The molecule has 0 heterocycles. The Hall–Kier alpha value is -1.22. The highest BCUT2D eigenvalue weighted by Gasteiger charge is 2.21. The van der Waals surface area contributed by atoms with E-state index in [9.17, 15) is 4.79 Å². The van der Waals surface area contributed by atoms with Gasteiger partial charge >= 0.3 is 5.97 Å². The third kappa shape index (κ3) is 1.79. The van der Waals surface area contributed by atoms with E-state index in [2.05, 4.69) is 0 Å². The highest BCUT2D eigenvalue weighted by Crippen LogP contribution is 2.35. The quantitative estimate of drug-likeness (QED) is 0.847. The minimum Gasteiger partial charge on any atom is -0.496 e. The molecule has 1 aromatic rings. The number of aromatic carboxylic acids is 1. The minimum atomic E-state index is -1.02. The maximum Gasteiger partial charge on any atom is 0.339 e. The van der Waals surface area contributed by atoms with Gasteiger partial charge in [-0.2, -0.15) is 0 Å². The second-order valence-electron chi connectivity index (χ2n) is 3.40. The average Bonchev–Trinajstić information content (AvgIpc) is 2.19. The first kappa shape index (κ1) is 11.9. The van der Waals surface area contributed by atoms with Gasteiger partial charge in [-0.1, -0.05) is 11.6 Å². The number of carbonyl (C=O) groups is 1. The fraction of sp³-hybridized carbons (Fsp3) is 0.364. The third-order valence-electron chi connectivity index (χ3n) is 2.58. The number of carboxylic acids is 1. The molecule has 0 atom stereocenters. The first-order valence-electron chi connectivity index (χ1n) is 4.48. The predicted octanol–water partition coefficient (Wildman–Crippen LogP) is 2.97. The van der Waals surface area contributed by atoms with Crippen LogP contribution in [0.2, 0.25) is 5.02 Å². The van der Waals surface area contributed by atoms with Crippen molar-refractivity contribution in [3.05, 3.63) is 27.3 Å². The zero-order valence-corrected chi connectivity index (χ0v) is 9.90. The van der Waals surface area contributed by atoms with Crippen LogP contribution in [-0.4, -0.2) is 18.2 Å². The summed E-state index contributed by atoms with van der Waals surface area (Å²) in [6.45, 7) is 5.32. The first-order valence-corrected chi connectivity index (χ1v) is 4.86. The van der Waals surface area contributed by atoms with E-state index in [1.54, 1.807) is 13.8 Å². The molecule has 0 spiro atoms. The largest absolute Gasteiger partial charge is 0.496 e. The van der Waals surface area contributed by atoms with Crippen molar-refractivity contribution in [3.63, 3.8) is 0 Å². The number of ether oxygens (including phenoxy) is 1. The molecule has 0 saturated heterocycles. The molecular weight excluding hydrogens is 216 g/mol. The summed E-state index contributed by atoms with van der Waals surface area (Å²) >= 11 is 6.04. The van der Waals surface area contributed by atoms with Crippen LogP contribution in [0.5, 0.6) is 5.75 Å². The summed E-state index contributed by atoms with van der Waals surface area (Å²) in [5.41, 5.74) is 2.32. The molecule has 0 aliphatic heterocycles. The SMILES string of the molecule is COc1c(C)c(C)c(Cl)c(C)c1C(=O)O. The van der Waals surface area contributed by atoms with Gasteiger partial charge in [-0.05, 0) is 37.5 Å². The van der Waals surface area contributed by atoms with Crippen LogP contribution in [0.15, 0.2) is 0 Å². The number of hydrogen-bond donors (Lipinski definition) is 1. The molecule has 15 heavy (non-hydrogen) atoms. The van der Waals surface area contributed by atoms with E-state index in [0.29, 0.717) is 16.3 Å². The van der Waals surface area contributed by atoms with E-state index in [1.807, 2.05) is 6.92 Å². The van der Waals surface area contributed by atoms with Gasteiger partial charge in [-0.15, -0.1) is 0 Å². The second kappa shape index (κ2) is 4.11. The molecule has 3 nitrogen and oxygen atoms in total. The highest BCUT2D eigenvalue weighted by molar-refractivity contribution is 6.32. The van der Waals surface area contributed by atoms with E-state index < -0.39 is 5.97 Å². The van der Waals surface area contributed by atoms with Crippen molar-refractivity contribution < 1.29 is 14.6 Å². The Morgan fingerprint density at radius 3 is 2.13 bits per heavy atom. The Labute approximate surface area is 93.6 Å². The zero-order valence-electron chi connectivity index (χ0n) is 9.14. The van der Waals surface area contributed by atoms with Crippen LogP contribution in [0.4, 0.5) is 0 Å². The van der Waals surface area contributed by atoms with Gasteiger partial charge in [0, 0.05) is 5.02 Å². The molecular formula is C11H13ClO3. The molecule has 1 N–H and O–H groups in total. The second-order valence-corrected chi connectivity index (χ2v) is 3.78. The molecule has 1 rings (SSSR count). The van der Waals surface area contributed by atoms with Crippen molar-refractivity contribution >= 4 is 17.6 Å². The predicted molar refractivity (Wildman–Crippen MR) is 59.2 cm³/mol. The number of halogens is 1. The lowest BCUT2D eigenvalue weighted by atomic mass is 9.99. The molecule has 0 radical (unpaired) electrons. The third-order valence-corrected chi connectivity index (χ3v) is 3.15. The molecule has 0 bridgehead atoms. The summed E-state index contributed by atoms with van der Waals surface area (Å²) in [5.74, 6) is -0.628. The Morgan fingerprint density at radius 2 is 1.73 bits per heavy atom. The summed E-state index contributed by atoms with van der Waals surface area (Å²) in [4.78, 5) is 11.1. The minimum absolute atomic E-state index is 0.144. The first-order chi connectivity index (χ1) is 6.91. The van der Waals surface area contributed by atoms with Crippen LogP contribution in [-0.2, 0) is 0 Å². The van der Waals surface area contributed by atoms with Gasteiger partial charge in [-0.3, -0.25) is 0 Å². The molecule has 0 aliphatic rings. The maximum atomic E-state index is 11.1. The van der Waals surface area contributed by atoms with Crippen LogP contribution >= 0.6 is 11.6 Å². The van der Waals surface area contributed by atoms with Gasteiger partial charge in [0.25, 0.3) is 0 Å².